The van der Waals surface area contributed by atoms with E-state index in [9.17, 15) is 5.11 Å². The number of rotatable bonds is 6. The van der Waals surface area contributed by atoms with Crippen LogP contribution in [0.25, 0.3) is 0 Å². The fourth-order valence-electron chi connectivity index (χ4n) is 1.53. The topological polar surface area (TPSA) is 20.2 Å². The van der Waals surface area contributed by atoms with Gasteiger partial charge in [0.2, 0.25) is 0 Å². The molecular weight excluding hydrogens is 172 g/mol. The van der Waals surface area contributed by atoms with Gasteiger partial charge < -0.3 is 5.11 Å². The van der Waals surface area contributed by atoms with Gasteiger partial charge in [-0.3, -0.25) is 0 Å². The zero-order valence-electron chi connectivity index (χ0n) is 10.6. The highest BCUT2D eigenvalue weighted by atomic mass is 16.3. The Kier molecular flexibility index (Phi) is 6.43. The van der Waals surface area contributed by atoms with Crippen LogP contribution in [0.2, 0.25) is 0 Å². The highest BCUT2D eigenvalue weighted by molar-refractivity contribution is 4.66. The minimum atomic E-state index is 0.364. The minimum absolute atomic E-state index is 0.364. The SMILES string of the molecule is CC(C)CCC(CO)CCC(C)(C)C. The third-order valence-electron chi connectivity index (χ3n) is 2.71. The van der Waals surface area contributed by atoms with Gasteiger partial charge in [-0.2, -0.15) is 0 Å². The maximum atomic E-state index is 9.24. The molecule has 0 aromatic carbocycles. The second kappa shape index (κ2) is 6.44. The van der Waals surface area contributed by atoms with Gasteiger partial charge in [-0.1, -0.05) is 41.0 Å². The molecule has 0 bridgehead atoms. The Morgan fingerprint density at radius 2 is 1.57 bits per heavy atom. The molecule has 0 amide bonds. The standard InChI is InChI=1S/C13H28O/c1-11(2)6-7-12(10-14)8-9-13(3,4)5/h11-12,14H,6-10H2,1-5H3. The van der Waals surface area contributed by atoms with E-state index in [1.165, 1.54) is 25.7 Å². The van der Waals surface area contributed by atoms with Crippen LogP contribution in [0.15, 0.2) is 0 Å². The molecule has 1 atom stereocenters. The van der Waals surface area contributed by atoms with Crippen molar-refractivity contribution in [1.29, 1.82) is 0 Å². The Morgan fingerprint density at radius 3 is 1.93 bits per heavy atom. The first-order chi connectivity index (χ1) is 6.35. The lowest BCUT2D eigenvalue weighted by Crippen LogP contribution is -2.12. The summed E-state index contributed by atoms with van der Waals surface area (Å²) in [7, 11) is 0. The number of hydrogen-bond acceptors (Lipinski definition) is 1. The van der Waals surface area contributed by atoms with Crippen molar-refractivity contribution in [3.05, 3.63) is 0 Å². The van der Waals surface area contributed by atoms with E-state index in [0.29, 0.717) is 17.9 Å². The van der Waals surface area contributed by atoms with Gasteiger partial charge in [0.25, 0.3) is 0 Å². The van der Waals surface area contributed by atoms with Gasteiger partial charge in [-0.25, -0.2) is 0 Å². The summed E-state index contributed by atoms with van der Waals surface area (Å²) in [4.78, 5) is 0. The Bertz CT molecular complexity index is 133. The summed E-state index contributed by atoms with van der Waals surface area (Å²) < 4.78 is 0. The lowest BCUT2D eigenvalue weighted by molar-refractivity contribution is 0.187. The van der Waals surface area contributed by atoms with E-state index in [0.717, 1.165) is 5.92 Å². The first-order valence-corrected chi connectivity index (χ1v) is 5.96. The zero-order chi connectivity index (χ0) is 11.2. The van der Waals surface area contributed by atoms with Gasteiger partial charge >= 0.3 is 0 Å². The van der Waals surface area contributed by atoms with Gasteiger partial charge in [-0.15, -0.1) is 0 Å². The molecule has 0 aliphatic rings. The average molecular weight is 200 g/mol. The molecule has 0 aliphatic carbocycles. The molecule has 0 aromatic rings. The van der Waals surface area contributed by atoms with Crippen molar-refractivity contribution in [2.45, 2.75) is 60.3 Å². The summed E-state index contributed by atoms with van der Waals surface area (Å²) in [5.74, 6) is 1.29. The van der Waals surface area contributed by atoms with Crippen LogP contribution >= 0.6 is 0 Å². The van der Waals surface area contributed by atoms with Gasteiger partial charge in [-0.05, 0) is 36.5 Å². The molecule has 1 unspecified atom stereocenters. The molecule has 1 N–H and O–H groups in total. The molecule has 14 heavy (non-hydrogen) atoms. The number of aliphatic hydroxyl groups is 1. The highest BCUT2D eigenvalue weighted by Crippen LogP contribution is 2.26. The summed E-state index contributed by atoms with van der Waals surface area (Å²) in [5.41, 5.74) is 0.408. The molecule has 86 valence electrons. The molecular formula is C13H28O. The van der Waals surface area contributed by atoms with Crippen molar-refractivity contribution in [1.82, 2.24) is 0 Å². The van der Waals surface area contributed by atoms with Crippen LogP contribution in [0.5, 0.6) is 0 Å². The molecule has 0 aromatic heterocycles. The van der Waals surface area contributed by atoms with Gasteiger partial charge in [0.1, 0.15) is 0 Å². The van der Waals surface area contributed by atoms with Crippen LogP contribution in [0.3, 0.4) is 0 Å². The lowest BCUT2D eigenvalue weighted by atomic mass is 9.85. The maximum absolute atomic E-state index is 9.24. The minimum Gasteiger partial charge on any atom is -0.396 e. The predicted molar refractivity (Wildman–Crippen MR) is 63.3 cm³/mol. The summed E-state index contributed by atoms with van der Waals surface area (Å²) in [6.45, 7) is 11.7. The van der Waals surface area contributed by atoms with Crippen LogP contribution < -0.4 is 0 Å². The van der Waals surface area contributed by atoms with E-state index in [-0.39, 0.29) is 0 Å². The van der Waals surface area contributed by atoms with Crippen molar-refractivity contribution in [2.24, 2.45) is 17.3 Å². The van der Waals surface area contributed by atoms with E-state index >= 15 is 0 Å². The third kappa shape index (κ3) is 8.55. The first kappa shape index (κ1) is 14.0. The van der Waals surface area contributed by atoms with Crippen molar-refractivity contribution < 1.29 is 5.11 Å². The summed E-state index contributed by atoms with van der Waals surface area (Å²) in [6.07, 6.45) is 4.82. The smallest absolute Gasteiger partial charge is 0.0459 e. The van der Waals surface area contributed by atoms with E-state index in [1.807, 2.05) is 0 Å². The van der Waals surface area contributed by atoms with Crippen LogP contribution in [-0.4, -0.2) is 11.7 Å². The van der Waals surface area contributed by atoms with E-state index in [1.54, 1.807) is 0 Å². The van der Waals surface area contributed by atoms with Crippen molar-refractivity contribution in [3.63, 3.8) is 0 Å². The number of hydrogen-bond donors (Lipinski definition) is 1. The molecule has 1 nitrogen and oxygen atoms in total. The van der Waals surface area contributed by atoms with Crippen molar-refractivity contribution in [2.75, 3.05) is 6.61 Å². The molecule has 0 fully saturated rings. The van der Waals surface area contributed by atoms with Crippen LogP contribution in [-0.2, 0) is 0 Å². The van der Waals surface area contributed by atoms with E-state index in [4.69, 9.17) is 0 Å². The fourth-order valence-corrected chi connectivity index (χ4v) is 1.53. The molecule has 0 saturated carbocycles. The Labute approximate surface area is 89.9 Å². The fraction of sp³-hybridized carbons (Fsp3) is 1.00. The second-order valence-electron chi connectivity index (χ2n) is 6.12. The van der Waals surface area contributed by atoms with Crippen LogP contribution in [0, 0.1) is 17.3 Å². The molecule has 0 aliphatic heterocycles. The summed E-state index contributed by atoms with van der Waals surface area (Å²) >= 11 is 0. The lowest BCUT2D eigenvalue weighted by Gasteiger charge is -2.22. The molecule has 1 heteroatoms. The quantitative estimate of drug-likeness (QED) is 0.690. The average Bonchev–Trinajstić information content (AvgIpc) is 2.02. The Morgan fingerprint density at radius 1 is 1.00 bits per heavy atom. The molecule has 0 rings (SSSR count). The van der Waals surface area contributed by atoms with Gasteiger partial charge in [0, 0.05) is 6.61 Å². The molecule has 0 radical (unpaired) electrons. The van der Waals surface area contributed by atoms with Crippen LogP contribution in [0.4, 0.5) is 0 Å². The van der Waals surface area contributed by atoms with E-state index in [2.05, 4.69) is 34.6 Å². The third-order valence-corrected chi connectivity index (χ3v) is 2.71. The Balaban J connectivity index is 3.69. The van der Waals surface area contributed by atoms with Gasteiger partial charge in [0.05, 0.1) is 0 Å². The molecule has 0 heterocycles. The van der Waals surface area contributed by atoms with Crippen molar-refractivity contribution in [3.8, 4) is 0 Å². The predicted octanol–water partition coefficient (Wildman–Crippen LogP) is 3.86. The normalized spacial score (nSPS) is 14.8. The maximum Gasteiger partial charge on any atom is 0.0459 e. The zero-order valence-corrected chi connectivity index (χ0v) is 10.6. The second-order valence-corrected chi connectivity index (χ2v) is 6.12. The van der Waals surface area contributed by atoms with Crippen molar-refractivity contribution >= 4 is 0 Å². The summed E-state index contributed by atoms with van der Waals surface area (Å²) in [6, 6.07) is 0. The molecule has 0 spiro atoms. The largest absolute Gasteiger partial charge is 0.396 e. The van der Waals surface area contributed by atoms with Crippen LogP contribution in [0.1, 0.15) is 60.3 Å². The summed E-state index contributed by atoms with van der Waals surface area (Å²) in [5, 5.41) is 9.24. The highest BCUT2D eigenvalue weighted by Gasteiger charge is 2.14. The van der Waals surface area contributed by atoms with Gasteiger partial charge in [0.15, 0.2) is 0 Å². The first-order valence-electron chi connectivity index (χ1n) is 5.96. The van der Waals surface area contributed by atoms with E-state index < -0.39 is 0 Å². The Hall–Kier alpha value is -0.0400. The molecule has 0 saturated heterocycles. The number of aliphatic hydroxyl groups excluding tert-OH is 1. The monoisotopic (exact) mass is 200 g/mol.